The van der Waals surface area contributed by atoms with Crippen molar-refractivity contribution in [2.45, 2.75) is 83.8 Å². The van der Waals surface area contributed by atoms with Crippen molar-refractivity contribution in [3.05, 3.63) is 24.3 Å². The molecule has 8 nitrogen and oxygen atoms in total. The van der Waals surface area contributed by atoms with Crippen molar-refractivity contribution in [2.24, 2.45) is 0 Å². The fourth-order valence-electron chi connectivity index (χ4n) is 2.98. The van der Waals surface area contributed by atoms with Gasteiger partial charge in [0, 0.05) is 6.42 Å². The average molecular weight is 448 g/mol. The fourth-order valence-corrected chi connectivity index (χ4v) is 2.98. The highest BCUT2D eigenvalue weighted by Crippen LogP contribution is 2.26. The van der Waals surface area contributed by atoms with Crippen LogP contribution in [0.1, 0.15) is 54.9 Å². The topological polar surface area (TPSA) is 94.5 Å². The van der Waals surface area contributed by atoms with Gasteiger partial charge in [0.2, 0.25) is 0 Å². The van der Waals surface area contributed by atoms with Gasteiger partial charge in [-0.3, -0.25) is 4.90 Å². The molecule has 2 rings (SSSR count). The van der Waals surface area contributed by atoms with Gasteiger partial charge < -0.3 is 24.0 Å². The number of carbonyl (C=O) groups excluding carboxylic acids is 2. The van der Waals surface area contributed by atoms with Gasteiger partial charge in [-0.1, -0.05) is 12.1 Å². The van der Waals surface area contributed by atoms with Crippen LogP contribution in [0.5, 0.6) is 5.75 Å². The molecule has 32 heavy (non-hydrogen) atoms. The number of ether oxygens (including phenoxy) is 3. The molecular formula is C23H35BNO7. The van der Waals surface area contributed by atoms with Crippen LogP contribution in [0.4, 0.5) is 4.79 Å². The predicted molar refractivity (Wildman–Crippen MR) is 121 cm³/mol. The summed E-state index contributed by atoms with van der Waals surface area (Å²) >= 11 is 0. The summed E-state index contributed by atoms with van der Waals surface area (Å²) in [5, 5.41) is 10.2. The van der Waals surface area contributed by atoms with Gasteiger partial charge in [-0.05, 0) is 66.1 Å². The van der Waals surface area contributed by atoms with Gasteiger partial charge in [0.05, 0.1) is 24.9 Å². The van der Waals surface area contributed by atoms with Gasteiger partial charge in [0.25, 0.3) is 0 Å². The van der Waals surface area contributed by atoms with E-state index >= 15 is 0 Å². The van der Waals surface area contributed by atoms with Gasteiger partial charge in [-0.2, -0.15) is 0 Å². The minimum atomic E-state index is -1.03. The molecule has 2 unspecified atom stereocenters. The third kappa shape index (κ3) is 6.87. The number of aliphatic hydroxyl groups is 1. The van der Waals surface area contributed by atoms with E-state index in [1.54, 1.807) is 68.1 Å². The molecule has 1 radical (unpaired) electrons. The maximum atomic E-state index is 12.6. The number of methoxy groups -OCH3 is 1. The molecule has 1 aromatic carbocycles. The zero-order chi connectivity index (χ0) is 24.3. The summed E-state index contributed by atoms with van der Waals surface area (Å²) in [5.41, 5.74) is -1.75. The number of amides is 1. The van der Waals surface area contributed by atoms with Crippen LogP contribution in [0, 0.1) is 0 Å². The Hall–Kier alpha value is -2.26. The largest absolute Gasteiger partial charge is 0.489 e. The number of hydrogen-bond acceptors (Lipinski definition) is 7. The Morgan fingerprint density at radius 3 is 2.34 bits per heavy atom. The van der Waals surface area contributed by atoms with Gasteiger partial charge >= 0.3 is 19.5 Å². The van der Waals surface area contributed by atoms with E-state index in [2.05, 4.69) is 0 Å². The van der Waals surface area contributed by atoms with Crippen molar-refractivity contribution < 1.29 is 33.6 Å². The van der Waals surface area contributed by atoms with E-state index in [0.29, 0.717) is 12.2 Å². The summed E-state index contributed by atoms with van der Waals surface area (Å²) in [7, 11) is 2.86. The van der Waals surface area contributed by atoms with E-state index in [1.807, 2.05) is 12.1 Å². The molecule has 1 fully saturated rings. The Labute approximate surface area is 191 Å². The molecule has 2 atom stereocenters. The lowest BCUT2D eigenvalue weighted by Gasteiger charge is -2.37. The number of nitrogens with zero attached hydrogens (tertiary/aromatic N) is 1. The molecule has 9 heteroatoms. The van der Waals surface area contributed by atoms with E-state index in [1.165, 1.54) is 12.0 Å². The molecule has 1 aromatic rings. The van der Waals surface area contributed by atoms with Gasteiger partial charge in [0.1, 0.15) is 23.5 Å². The zero-order valence-corrected chi connectivity index (χ0v) is 20.3. The van der Waals surface area contributed by atoms with Crippen molar-refractivity contribution in [2.75, 3.05) is 13.7 Å². The lowest BCUT2D eigenvalue weighted by molar-refractivity contribution is -0.145. The Morgan fingerprint density at radius 2 is 1.78 bits per heavy atom. The molecule has 0 bridgehead atoms. The first-order chi connectivity index (χ1) is 14.6. The molecular weight excluding hydrogens is 413 g/mol. The Bertz CT molecular complexity index is 813. The van der Waals surface area contributed by atoms with Crippen molar-refractivity contribution in [1.29, 1.82) is 0 Å². The Balaban J connectivity index is 2.08. The SMILES string of the molecule is COC(=O)C1CC(Oc2cccc([B]OC(C)(C)C(C)(C)O)c2)CN1C(=O)OC(C)(C)C. The second-order valence-electron chi connectivity index (χ2n) is 10.0. The van der Waals surface area contributed by atoms with Crippen LogP contribution in [0.15, 0.2) is 24.3 Å². The van der Waals surface area contributed by atoms with Crippen LogP contribution in [-0.2, 0) is 18.9 Å². The minimum absolute atomic E-state index is 0.199. The molecule has 0 spiro atoms. The summed E-state index contributed by atoms with van der Waals surface area (Å²) < 4.78 is 22.2. The third-order valence-corrected chi connectivity index (χ3v) is 5.49. The second-order valence-corrected chi connectivity index (χ2v) is 10.0. The summed E-state index contributed by atoms with van der Waals surface area (Å²) in [4.78, 5) is 26.2. The Morgan fingerprint density at radius 1 is 1.12 bits per heavy atom. The van der Waals surface area contributed by atoms with Crippen LogP contribution in [-0.4, -0.2) is 72.2 Å². The zero-order valence-electron chi connectivity index (χ0n) is 20.3. The van der Waals surface area contributed by atoms with Crippen LogP contribution < -0.4 is 10.2 Å². The maximum absolute atomic E-state index is 12.6. The standard InChI is InChI=1S/C23H35BNO7/c1-21(2,3)31-20(27)25-14-17(13-18(25)19(26)29-8)30-16-11-9-10-15(12-16)24-32-23(6,7)22(4,5)28/h9-12,17-18,28H,13-14H2,1-8H3. The van der Waals surface area contributed by atoms with Crippen LogP contribution in [0.2, 0.25) is 0 Å². The third-order valence-electron chi connectivity index (χ3n) is 5.49. The summed E-state index contributed by atoms with van der Waals surface area (Å²) in [6.45, 7) is 12.5. The summed E-state index contributed by atoms with van der Waals surface area (Å²) in [6.07, 6.45) is -0.693. The second kappa shape index (κ2) is 9.71. The number of hydrogen-bond donors (Lipinski definition) is 1. The van der Waals surface area contributed by atoms with Gasteiger partial charge in [0.15, 0.2) is 0 Å². The fraction of sp³-hybridized carbons (Fsp3) is 0.652. The lowest BCUT2D eigenvalue weighted by Crippen LogP contribution is -2.49. The van der Waals surface area contributed by atoms with Gasteiger partial charge in [-0.15, -0.1) is 0 Å². The summed E-state index contributed by atoms with van der Waals surface area (Å²) in [6, 6.07) is 6.49. The minimum Gasteiger partial charge on any atom is -0.489 e. The molecule has 0 aliphatic carbocycles. The molecule has 1 aliphatic heterocycles. The average Bonchev–Trinajstić information content (AvgIpc) is 3.08. The molecule has 1 saturated heterocycles. The molecule has 0 aromatic heterocycles. The van der Waals surface area contributed by atoms with E-state index in [-0.39, 0.29) is 6.54 Å². The van der Waals surface area contributed by atoms with Crippen LogP contribution in [0.25, 0.3) is 0 Å². The van der Waals surface area contributed by atoms with Gasteiger partial charge in [-0.25, -0.2) is 9.59 Å². The highest BCUT2D eigenvalue weighted by Gasteiger charge is 2.43. The van der Waals surface area contributed by atoms with Crippen molar-refractivity contribution in [3.8, 4) is 5.75 Å². The van der Waals surface area contributed by atoms with Crippen molar-refractivity contribution >= 4 is 25.0 Å². The molecule has 0 saturated carbocycles. The number of benzene rings is 1. The van der Waals surface area contributed by atoms with Crippen molar-refractivity contribution in [3.63, 3.8) is 0 Å². The van der Waals surface area contributed by atoms with E-state index in [0.717, 1.165) is 5.46 Å². The first-order valence-electron chi connectivity index (χ1n) is 10.7. The number of rotatable bonds is 7. The first-order valence-corrected chi connectivity index (χ1v) is 10.7. The molecule has 177 valence electrons. The van der Waals surface area contributed by atoms with Crippen LogP contribution >= 0.6 is 0 Å². The quantitative estimate of drug-likeness (QED) is 0.506. The normalized spacial score (nSPS) is 19.5. The molecule has 1 N–H and O–H groups in total. The van der Waals surface area contributed by atoms with E-state index in [4.69, 9.17) is 18.9 Å². The predicted octanol–water partition coefficient (Wildman–Crippen LogP) is 2.43. The van der Waals surface area contributed by atoms with Crippen LogP contribution in [0.3, 0.4) is 0 Å². The highest BCUT2D eigenvalue weighted by molar-refractivity contribution is 6.47. The first kappa shape index (κ1) is 26.0. The monoisotopic (exact) mass is 448 g/mol. The number of likely N-dealkylation sites (tertiary alicyclic amines) is 1. The smallest absolute Gasteiger partial charge is 0.411 e. The maximum Gasteiger partial charge on any atom is 0.411 e. The summed E-state index contributed by atoms with van der Waals surface area (Å²) in [5.74, 6) is 0.0642. The molecule has 1 amide bonds. The lowest BCUT2D eigenvalue weighted by atomic mass is 9.82. The van der Waals surface area contributed by atoms with E-state index < -0.39 is 41.0 Å². The molecule has 1 heterocycles. The van der Waals surface area contributed by atoms with E-state index in [9.17, 15) is 14.7 Å². The number of esters is 1. The Kier molecular flexibility index (Phi) is 7.89. The highest BCUT2D eigenvalue weighted by atomic mass is 16.6. The van der Waals surface area contributed by atoms with Crippen molar-refractivity contribution in [1.82, 2.24) is 4.90 Å². The number of carbonyl (C=O) groups is 2. The molecule has 1 aliphatic rings.